The Balaban J connectivity index is 1.34. The predicted molar refractivity (Wildman–Crippen MR) is 167 cm³/mol. The summed E-state index contributed by atoms with van der Waals surface area (Å²) in [4.78, 5) is 28.2. The minimum absolute atomic E-state index is 0.00969. The summed E-state index contributed by atoms with van der Waals surface area (Å²) in [5.74, 6) is -0.200. The first-order valence-electron chi connectivity index (χ1n) is 14.6. The highest BCUT2D eigenvalue weighted by Gasteiger charge is 2.21. The Morgan fingerprint density at radius 2 is 1.76 bits per heavy atom. The Morgan fingerprint density at radius 3 is 2.50 bits per heavy atom. The molecule has 3 heterocycles. The van der Waals surface area contributed by atoms with Crippen LogP contribution in [0.3, 0.4) is 0 Å². The lowest BCUT2D eigenvalue weighted by molar-refractivity contribution is 0.0940. The van der Waals surface area contributed by atoms with E-state index in [0.717, 1.165) is 36.4 Å². The van der Waals surface area contributed by atoms with Crippen molar-refractivity contribution in [3.63, 3.8) is 0 Å². The van der Waals surface area contributed by atoms with Gasteiger partial charge in [-0.15, -0.1) is 0 Å². The fourth-order valence-corrected chi connectivity index (χ4v) is 5.61. The highest BCUT2D eigenvalue weighted by atomic mass is 16.3. The molecule has 0 aliphatic carbocycles. The molecule has 42 heavy (non-hydrogen) atoms. The smallest absolute Gasteiger partial charge is 0.251 e. The third kappa shape index (κ3) is 6.11. The van der Waals surface area contributed by atoms with E-state index < -0.39 is 0 Å². The van der Waals surface area contributed by atoms with Crippen LogP contribution in [0, 0.1) is 0 Å². The van der Waals surface area contributed by atoms with Crippen LogP contribution in [0.2, 0.25) is 0 Å². The van der Waals surface area contributed by atoms with E-state index in [4.69, 9.17) is 4.99 Å². The number of nitrogens with zero attached hydrogens (tertiary/aromatic N) is 3. The fraction of sp³-hybridized carbons (Fsp3) is 0.229. The van der Waals surface area contributed by atoms with Crippen molar-refractivity contribution in [2.45, 2.75) is 38.8 Å². The third-order valence-electron chi connectivity index (χ3n) is 7.89. The number of rotatable bonds is 8. The summed E-state index contributed by atoms with van der Waals surface area (Å²) in [7, 11) is 0. The monoisotopic (exact) mass is 557 g/mol. The Labute approximate surface area is 246 Å². The van der Waals surface area contributed by atoms with Crippen LogP contribution in [-0.4, -0.2) is 44.7 Å². The van der Waals surface area contributed by atoms with Gasteiger partial charge >= 0.3 is 0 Å². The molecule has 212 valence electrons. The largest absolute Gasteiger partial charge is 0.494 e. The Hall–Kier alpha value is -4.75. The summed E-state index contributed by atoms with van der Waals surface area (Å²) in [5, 5.41) is 14.9. The SMILES string of the molecule is C[C@H](NC(=O)c1ccc2[nH]c(O)c(C(=Nc3ccc(CN4CCCCC4)cc3)c3cccnc3)c2c1)c1ccccc1. The summed E-state index contributed by atoms with van der Waals surface area (Å²) < 4.78 is 0. The number of nitrogens with one attached hydrogen (secondary N) is 2. The number of hydrogen-bond acceptors (Lipinski definition) is 5. The summed E-state index contributed by atoms with van der Waals surface area (Å²) >= 11 is 0. The molecule has 6 rings (SSSR count). The number of fused-ring (bicyclic) bond motifs is 1. The lowest BCUT2D eigenvalue weighted by atomic mass is 10.0. The second-order valence-corrected chi connectivity index (χ2v) is 10.9. The Kier molecular flexibility index (Phi) is 8.10. The molecule has 1 saturated heterocycles. The normalized spacial score (nSPS) is 15.0. The minimum atomic E-state index is -0.191. The van der Waals surface area contributed by atoms with E-state index in [1.165, 1.54) is 24.8 Å². The number of aromatic nitrogens is 2. The van der Waals surface area contributed by atoms with Crippen molar-refractivity contribution >= 4 is 28.2 Å². The summed E-state index contributed by atoms with van der Waals surface area (Å²) in [5.41, 5.74) is 6.14. The molecule has 3 N–H and O–H groups in total. The van der Waals surface area contributed by atoms with E-state index in [2.05, 4.69) is 32.3 Å². The molecular formula is C35H35N5O2. The lowest BCUT2D eigenvalue weighted by Crippen LogP contribution is -2.28. The number of carbonyl (C=O) groups is 1. The topological polar surface area (TPSA) is 93.6 Å². The standard InChI is InChI=1S/C35H35N5O2/c1-24(26-9-4-2-5-10-26)37-34(41)27-14-17-31-30(21-27)32(35(42)39-31)33(28-11-8-18-36-22-28)38-29-15-12-25(13-16-29)23-40-19-6-3-7-20-40/h2,4-5,8-18,21-22,24,39,42H,3,6-7,19-20,23H2,1H3,(H,37,41)/t24-/m0/s1. The van der Waals surface area contributed by atoms with Gasteiger partial charge in [0.1, 0.15) is 0 Å². The maximum absolute atomic E-state index is 13.3. The molecule has 0 saturated carbocycles. The minimum Gasteiger partial charge on any atom is -0.494 e. The highest BCUT2D eigenvalue weighted by Crippen LogP contribution is 2.32. The number of piperidine rings is 1. The number of benzene rings is 3. The molecule has 1 aliphatic rings. The maximum atomic E-state index is 13.3. The van der Waals surface area contributed by atoms with Crippen LogP contribution < -0.4 is 5.32 Å². The van der Waals surface area contributed by atoms with Gasteiger partial charge in [0.15, 0.2) is 5.88 Å². The molecule has 5 aromatic rings. The van der Waals surface area contributed by atoms with Crippen molar-refractivity contribution in [1.82, 2.24) is 20.2 Å². The molecule has 0 unspecified atom stereocenters. The highest BCUT2D eigenvalue weighted by molar-refractivity contribution is 6.22. The maximum Gasteiger partial charge on any atom is 0.251 e. The molecule has 1 aliphatic heterocycles. The van der Waals surface area contributed by atoms with E-state index in [0.29, 0.717) is 27.7 Å². The van der Waals surface area contributed by atoms with E-state index in [1.807, 2.05) is 73.7 Å². The van der Waals surface area contributed by atoms with Gasteiger partial charge in [0.05, 0.1) is 23.0 Å². The van der Waals surface area contributed by atoms with E-state index >= 15 is 0 Å². The van der Waals surface area contributed by atoms with Crippen LogP contribution in [-0.2, 0) is 6.54 Å². The lowest BCUT2D eigenvalue weighted by Gasteiger charge is -2.26. The fourth-order valence-electron chi connectivity index (χ4n) is 5.61. The number of hydrogen-bond donors (Lipinski definition) is 3. The molecule has 3 aromatic carbocycles. The first-order valence-corrected chi connectivity index (χ1v) is 14.6. The summed E-state index contributed by atoms with van der Waals surface area (Å²) in [6, 6.07) is 27.2. The zero-order valence-electron chi connectivity index (χ0n) is 23.8. The molecular weight excluding hydrogens is 522 g/mol. The van der Waals surface area contributed by atoms with E-state index in [-0.39, 0.29) is 17.8 Å². The van der Waals surface area contributed by atoms with Gasteiger partial charge in [-0.3, -0.25) is 14.7 Å². The van der Waals surface area contributed by atoms with Crippen LogP contribution in [0.1, 0.15) is 64.8 Å². The number of carbonyl (C=O) groups excluding carboxylic acids is 1. The van der Waals surface area contributed by atoms with Gasteiger partial charge in [0, 0.05) is 41.0 Å². The Morgan fingerprint density at radius 1 is 0.976 bits per heavy atom. The van der Waals surface area contributed by atoms with Crippen LogP contribution >= 0.6 is 0 Å². The summed E-state index contributed by atoms with van der Waals surface area (Å²) in [6.45, 7) is 5.20. The van der Waals surface area contributed by atoms with Crippen molar-refractivity contribution in [3.05, 3.63) is 125 Å². The van der Waals surface area contributed by atoms with Crippen molar-refractivity contribution in [3.8, 4) is 5.88 Å². The molecule has 0 spiro atoms. The molecule has 0 radical (unpaired) electrons. The van der Waals surface area contributed by atoms with Crippen LogP contribution in [0.4, 0.5) is 5.69 Å². The van der Waals surface area contributed by atoms with Crippen LogP contribution in [0.15, 0.2) is 102 Å². The van der Waals surface area contributed by atoms with Gasteiger partial charge < -0.3 is 15.4 Å². The molecule has 0 bridgehead atoms. The number of aliphatic imine (C=N–C) groups is 1. The molecule has 2 aromatic heterocycles. The van der Waals surface area contributed by atoms with Gasteiger partial charge in [0.25, 0.3) is 5.91 Å². The van der Waals surface area contributed by atoms with Gasteiger partial charge in [-0.1, -0.05) is 48.9 Å². The van der Waals surface area contributed by atoms with Gasteiger partial charge in [-0.25, -0.2) is 4.99 Å². The first kappa shape index (κ1) is 27.4. The molecule has 1 fully saturated rings. The molecule has 7 nitrogen and oxygen atoms in total. The van der Waals surface area contributed by atoms with Gasteiger partial charge in [-0.2, -0.15) is 0 Å². The summed E-state index contributed by atoms with van der Waals surface area (Å²) in [6.07, 6.45) is 7.30. The zero-order chi connectivity index (χ0) is 28.9. The molecule has 1 atom stereocenters. The number of likely N-dealkylation sites (tertiary alicyclic amines) is 1. The first-order chi connectivity index (χ1) is 20.5. The number of aromatic hydroxyl groups is 1. The molecule has 7 heteroatoms. The van der Waals surface area contributed by atoms with Crippen molar-refractivity contribution in [1.29, 1.82) is 0 Å². The van der Waals surface area contributed by atoms with Crippen LogP contribution in [0.5, 0.6) is 5.88 Å². The average molecular weight is 558 g/mol. The van der Waals surface area contributed by atoms with Gasteiger partial charge in [-0.05, 0) is 86.4 Å². The van der Waals surface area contributed by atoms with Crippen LogP contribution in [0.25, 0.3) is 10.9 Å². The number of H-pyrrole nitrogens is 1. The number of pyridine rings is 1. The zero-order valence-corrected chi connectivity index (χ0v) is 23.8. The number of amides is 1. The number of aromatic amines is 1. The Bertz CT molecular complexity index is 1690. The second-order valence-electron chi connectivity index (χ2n) is 10.9. The van der Waals surface area contributed by atoms with Crippen molar-refractivity contribution in [2.75, 3.05) is 13.1 Å². The van der Waals surface area contributed by atoms with Gasteiger partial charge in [0.2, 0.25) is 0 Å². The molecule has 1 amide bonds. The average Bonchev–Trinajstić information content (AvgIpc) is 3.36. The van der Waals surface area contributed by atoms with Crippen molar-refractivity contribution in [2.24, 2.45) is 4.99 Å². The second kappa shape index (κ2) is 12.4. The van der Waals surface area contributed by atoms with E-state index in [1.54, 1.807) is 18.5 Å². The van der Waals surface area contributed by atoms with Crippen molar-refractivity contribution < 1.29 is 9.90 Å². The third-order valence-corrected chi connectivity index (χ3v) is 7.89. The predicted octanol–water partition coefficient (Wildman–Crippen LogP) is 6.91. The van der Waals surface area contributed by atoms with E-state index in [9.17, 15) is 9.90 Å². The quantitative estimate of drug-likeness (QED) is 0.181.